The Bertz CT molecular complexity index is 1490. The molecule has 0 saturated heterocycles. The molecule has 2 heterocycles. The van der Waals surface area contributed by atoms with E-state index >= 15 is 0 Å². The lowest BCUT2D eigenvalue weighted by Crippen LogP contribution is -2.21. The summed E-state index contributed by atoms with van der Waals surface area (Å²) in [6.07, 6.45) is 5.92. The Hall–Kier alpha value is -3.83. The van der Waals surface area contributed by atoms with Gasteiger partial charge in [-0.2, -0.15) is 4.98 Å². The van der Waals surface area contributed by atoms with Crippen LogP contribution in [0, 0.1) is 11.3 Å². The van der Waals surface area contributed by atoms with Crippen LogP contribution in [0.1, 0.15) is 45.0 Å². The fourth-order valence-electron chi connectivity index (χ4n) is 3.90. The van der Waals surface area contributed by atoms with E-state index in [-0.39, 0.29) is 33.9 Å². The van der Waals surface area contributed by atoms with Crippen LogP contribution in [0.15, 0.2) is 74.7 Å². The highest BCUT2D eigenvalue weighted by Crippen LogP contribution is 2.45. The molecule has 37 heavy (non-hydrogen) atoms. The van der Waals surface area contributed by atoms with E-state index in [2.05, 4.69) is 25.2 Å². The minimum atomic E-state index is -3.89. The number of hydrogen-bond acceptors (Lipinski definition) is 8. The first-order valence-electron chi connectivity index (χ1n) is 12.0. The molecule has 2 aliphatic rings. The highest BCUT2D eigenvalue weighted by Gasteiger charge is 2.44. The maximum atomic E-state index is 13.0. The lowest BCUT2D eigenvalue weighted by molar-refractivity contribution is -0.120. The fourth-order valence-corrected chi connectivity index (χ4v) is 5.00. The highest BCUT2D eigenvalue weighted by atomic mass is 32.2. The summed E-state index contributed by atoms with van der Waals surface area (Å²) in [7, 11) is -3.89. The Kier molecular flexibility index (Phi) is 6.42. The van der Waals surface area contributed by atoms with E-state index in [1.807, 2.05) is 20.1 Å². The number of anilines is 2. The third-order valence-electron chi connectivity index (χ3n) is 6.70. The summed E-state index contributed by atoms with van der Waals surface area (Å²) in [6, 6.07) is 12.3. The summed E-state index contributed by atoms with van der Waals surface area (Å²) in [5.41, 5.74) is 8.50. The number of carbonyl (C=O) groups excluding carboxylic acids is 1. The fraction of sp³-hybridized carbons (Fsp3) is 0.308. The average molecular weight is 521 g/mol. The average Bonchev–Trinajstić information content (AvgIpc) is 3.25. The van der Waals surface area contributed by atoms with E-state index in [9.17, 15) is 13.2 Å². The van der Waals surface area contributed by atoms with Crippen molar-refractivity contribution in [2.45, 2.75) is 44.0 Å². The summed E-state index contributed by atoms with van der Waals surface area (Å²) in [6.45, 7) is 3.96. The van der Waals surface area contributed by atoms with Crippen molar-refractivity contribution in [3.63, 3.8) is 0 Å². The van der Waals surface area contributed by atoms with Crippen molar-refractivity contribution in [2.75, 3.05) is 10.0 Å². The molecule has 5 rings (SSSR count). The van der Waals surface area contributed by atoms with E-state index in [4.69, 9.17) is 10.3 Å². The van der Waals surface area contributed by atoms with Crippen LogP contribution >= 0.6 is 0 Å². The minimum Gasteiger partial charge on any atom is -0.337 e. The summed E-state index contributed by atoms with van der Waals surface area (Å²) < 4.78 is 34.0. The lowest BCUT2D eigenvalue weighted by Gasteiger charge is -2.12. The molecular weight excluding hydrogens is 492 g/mol. The van der Waals surface area contributed by atoms with Gasteiger partial charge in [-0.3, -0.25) is 14.5 Å². The van der Waals surface area contributed by atoms with Gasteiger partial charge in [0.2, 0.25) is 17.6 Å². The van der Waals surface area contributed by atoms with Gasteiger partial charge in [-0.05, 0) is 61.2 Å². The van der Waals surface area contributed by atoms with Crippen molar-refractivity contribution < 1.29 is 17.7 Å². The topological polar surface area (TPSA) is 153 Å². The zero-order valence-corrected chi connectivity index (χ0v) is 21.3. The second-order valence-corrected chi connectivity index (χ2v) is 11.5. The van der Waals surface area contributed by atoms with Gasteiger partial charge in [0, 0.05) is 40.7 Å². The number of aromatic nitrogens is 2. The molecule has 0 spiro atoms. The lowest BCUT2D eigenvalue weighted by atomic mass is 9.98. The predicted octanol–water partition coefficient (Wildman–Crippen LogP) is 4.27. The largest absolute Gasteiger partial charge is 0.337 e. The van der Waals surface area contributed by atoms with E-state index in [1.54, 1.807) is 42.6 Å². The Balaban J connectivity index is 1.26. The second kappa shape index (κ2) is 9.56. The summed E-state index contributed by atoms with van der Waals surface area (Å²) in [5.74, 6) is 0.701. The Morgan fingerprint density at radius 2 is 1.92 bits per heavy atom. The molecule has 1 aliphatic carbocycles. The number of hydrogen-bond donors (Lipinski definition) is 3. The number of benzene rings is 2. The predicted molar refractivity (Wildman–Crippen MR) is 140 cm³/mol. The van der Waals surface area contributed by atoms with E-state index in [1.165, 1.54) is 12.1 Å². The first kappa shape index (κ1) is 24.8. The monoisotopic (exact) mass is 520 g/mol. The van der Waals surface area contributed by atoms with Gasteiger partial charge >= 0.3 is 0 Å². The molecule has 11 heteroatoms. The first-order chi connectivity index (χ1) is 17.6. The van der Waals surface area contributed by atoms with E-state index in [0.29, 0.717) is 23.4 Å². The van der Waals surface area contributed by atoms with Crippen molar-refractivity contribution in [2.24, 2.45) is 22.1 Å². The molecule has 1 unspecified atom stereocenters. The summed E-state index contributed by atoms with van der Waals surface area (Å²) in [5, 5.41) is 6.86. The number of rotatable bonds is 9. The maximum absolute atomic E-state index is 13.0. The molecule has 0 radical (unpaired) electrons. The first-order valence-corrected chi connectivity index (χ1v) is 13.5. The number of sulfonamides is 1. The zero-order chi connectivity index (χ0) is 26.2. The van der Waals surface area contributed by atoms with Gasteiger partial charge < -0.3 is 15.6 Å². The maximum Gasteiger partial charge on any atom is 0.261 e. The van der Waals surface area contributed by atoms with Crippen LogP contribution in [0.2, 0.25) is 0 Å². The van der Waals surface area contributed by atoms with Crippen molar-refractivity contribution in [3.8, 4) is 11.4 Å². The van der Waals surface area contributed by atoms with Crippen molar-refractivity contribution in [1.82, 2.24) is 10.1 Å². The molecule has 4 N–H and O–H groups in total. The quantitative estimate of drug-likeness (QED) is 0.381. The molecule has 3 aromatic rings. The molecule has 1 saturated carbocycles. The molecular formula is C26H28N6O4S. The number of nitrogens with zero attached hydrogens (tertiary/aromatic N) is 3. The molecule has 0 bridgehead atoms. The molecule has 1 aliphatic heterocycles. The molecule has 1 amide bonds. The third kappa shape index (κ3) is 5.47. The molecule has 1 aromatic heterocycles. The van der Waals surface area contributed by atoms with Gasteiger partial charge in [-0.15, -0.1) is 0 Å². The van der Waals surface area contributed by atoms with Crippen LogP contribution in [0.5, 0.6) is 0 Å². The van der Waals surface area contributed by atoms with Gasteiger partial charge in [0.15, 0.2) is 0 Å². The molecule has 2 aromatic carbocycles. The van der Waals surface area contributed by atoms with Crippen molar-refractivity contribution in [3.05, 3.63) is 66.2 Å². The number of nitrogens with one attached hydrogen (secondary N) is 2. The smallest absolute Gasteiger partial charge is 0.261 e. The van der Waals surface area contributed by atoms with Gasteiger partial charge in [0.25, 0.3) is 10.0 Å². The standard InChI is InChI=1S/C26H28N6O4S/c1-16-14-28-15-18(16)13-22(27)24-30-23(31-36-24)17-4-3-5-21(12-17)37(34,35)32-20-8-6-19(7-9-20)29-25(33)26(2)10-11-26/h3-9,12,14-16,22,32H,10-11,13,27H2,1-2H3,(H,29,33)/t16?,22-/m0/s1. The van der Waals surface area contributed by atoms with E-state index in [0.717, 1.165) is 18.4 Å². The van der Waals surface area contributed by atoms with Gasteiger partial charge in [0.05, 0.1) is 10.9 Å². The van der Waals surface area contributed by atoms with Gasteiger partial charge in [0.1, 0.15) is 0 Å². The van der Waals surface area contributed by atoms with Crippen LogP contribution in [0.3, 0.4) is 0 Å². The highest BCUT2D eigenvalue weighted by molar-refractivity contribution is 7.92. The van der Waals surface area contributed by atoms with Crippen molar-refractivity contribution in [1.29, 1.82) is 0 Å². The summed E-state index contributed by atoms with van der Waals surface area (Å²) in [4.78, 5) is 20.8. The Morgan fingerprint density at radius 3 is 2.59 bits per heavy atom. The number of nitrogens with two attached hydrogens (primary N) is 1. The summed E-state index contributed by atoms with van der Waals surface area (Å²) >= 11 is 0. The van der Waals surface area contributed by atoms with Crippen LogP contribution in [0.25, 0.3) is 11.4 Å². The second-order valence-electron chi connectivity index (χ2n) is 9.78. The SMILES string of the molecule is CC1C=NC=C1C[C@H](N)c1nc(-c2cccc(S(=O)(=O)Nc3ccc(NC(=O)C4(C)CC4)cc3)c2)no1. The van der Waals surface area contributed by atoms with Gasteiger partial charge in [-0.25, -0.2) is 8.42 Å². The molecule has 10 nitrogen and oxygen atoms in total. The van der Waals surface area contributed by atoms with Crippen LogP contribution < -0.4 is 15.8 Å². The Labute approximate surface area is 215 Å². The van der Waals surface area contributed by atoms with Crippen molar-refractivity contribution >= 4 is 33.5 Å². The minimum absolute atomic E-state index is 0.0255. The van der Waals surface area contributed by atoms with Crippen LogP contribution in [-0.2, 0) is 14.8 Å². The molecule has 192 valence electrons. The third-order valence-corrected chi connectivity index (χ3v) is 8.07. The van der Waals surface area contributed by atoms with E-state index < -0.39 is 16.1 Å². The zero-order valence-electron chi connectivity index (χ0n) is 20.5. The number of aliphatic imine (C=N–C) groups is 1. The molecule has 2 atom stereocenters. The number of carbonyl (C=O) groups is 1. The molecule has 1 fully saturated rings. The Morgan fingerprint density at radius 1 is 1.19 bits per heavy atom. The van der Waals surface area contributed by atoms with Crippen LogP contribution in [0.4, 0.5) is 11.4 Å². The number of amides is 1. The van der Waals surface area contributed by atoms with Gasteiger partial charge in [-0.1, -0.05) is 31.1 Å². The normalized spacial score (nSPS) is 18.8. The van der Waals surface area contributed by atoms with Crippen LogP contribution in [-0.4, -0.2) is 30.7 Å².